The first kappa shape index (κ1) is 31.6. The zero-order chi connectivity index (χ0) is 29.2. The first-order valence-corrected chi connectivity index (χ1v) is 11.3. The molecule has 0 spiro atoms. The summed E-state index contributed by atoms with van der Waals surface area (Å²) in [6, 6.07) is 9.66. The zero-order valence-corrected chi connectivity index (χ0v) is 20.1. The Morgan fingerprint density at radius 2 is 1.67 bits per heavy atom. The Labute approximate surface area is 217 Å². The molecule has 3 atom stereocenters. The number of amides is 1. The fraction of sp³-hybridized carbons (Fsp3) is 0.478. The van der Waals surface area contributed by atoms with E-state index in [1.807, 2.05) is 36.5 Å². The van der Waals surface area contributed by atoms with Gasteiger partial charge in [-0.3, -0.25) is 14.7 Å². The number of aliphatic carboxylic acids is 2. The van der Waals surface area contributed by atoms with Crippen molar-refractivity contribution in [1.29, 1.82) is 0 Å². The Morgan fingerprint density at radius 3 is 2.18 bits per heavy atom. The van der Waals surface area contributed by atoms with Crippen molar-refractivity contribution in [2.24, 2.45) is 5.92 Å². The van der Waals surface area contributed by atoms with Crippen molar-refractivity contribution < 1.29 is 60.1 Å². The summed E-state index contributed by atoms with van der Waals surface area (Å²) in [5.74, 6) is -4.33. The van der Waals surface area contributed by atoms with E-state index in [0.29, 0.717) is 12.5 Å². The number of rotatable bonds is 5. The lowest BCUT2D eigenvalue weighted by molar-refractivity contribution is -0.193. The predicted molar refractivity (Wildman–Crippen MR) is 119 cm³/mol. The van der Waals surface area contributed by atoms with Crippen LogP contribution in [0.2, 0.25) is 0 Å². The first-order chi connectivity index (χ1) is 18.2. The van der Waals surface area contributed by atoms with Crippen LogP contribution in [0.15, 0.2) is 47.2 Å². The van der Waals surface area contributed by atoms with Crippen molar-refractivity contribution >= 4 is 17.8 Å². The maximum absolute atomic E-state index is 12.4. The topological polar surface area (TPSA) is 142 Å². The van der Waals surface area contributed by atoms with Crippen LogP contribution in [0.3, 0.4) is 0 Å². The summed E-state index contributed by atoms with van der Waals surface area (Å²) in [4.78, 5) is 36.9. The monoisotopic (exact) mass is 569 g/mol. The number of nitrogens with zero attached hydrogens (tertiary/aromatic N) is 2. The average Bonchev–Trinajstić information content (AvgIpc) is 3.52. The minimum atomic E-state index is -5.08. The van der Waals surface area contributed by atoms with Gasteiger partial charge < -0.3 is 24.7 Å². The number of hydrogen-bond acceptors (Lipinski definition) is 7. The van der Waals surface area contributed by atoms with E-state index in [0.717, 1.165) is 43.9 Å². The second kappa shape index (κ2) is 13.9. The van der Waals surface area contributed by atoms with E-state index in [9.17, 15) is 31.1 Å². The molecule has 0 unspecified atom stereocenters. The smallest absolute Gasteiger partial charge is 0.475 e. The number of halogens is 6. The number of aromatic nitrogens is 1. The number of nitrogens with one attached hydrogen (secondary N) is 1. The van der Waals surface area contributed by atoms with Crippen LogP contribution in [-0.4, -0.2) is 75.6 Å². The summed E-state index contributed by atoms with van der Waals surface area (Å²) < 4.78 is 74.8. The lowest BCUT2D eigenvalue weighted by Gasteiger charge is -2.33. The molecular weight excluding hydrogens is 544 g/mol. The van der Waals surface area contributed by atoms with Crippen molar-refractivity contribution in [1.82, 2.24) is 15.2 Å². The highest BCUT2D eigenvalue weighted by atomic mass is 19.4. The van der Waals surface area contributed by atoms with Crippen molar-refractivity contribution in [3.8, 4) is 0 Å². The molecule has 3 N–H and O–H groups in total. The summed E-state index contributed by atoms with van der Waals surface area (Å²) in [7, 11) is 0. The Morgan fingerprint density at radius 1 is 1.03 bits per heavy atom. The lowest BCUT2D eigenvalue weighted by Crippen LogP contribution is -2.42. The number of furan rings is 1. The van der Waals surface area contributed by atoms with Crippen LogP contribution in [0.4, 0.5) is 26.3 Å². The van der Waals surface area contributed by atoms with Gasteiger partial charge in [-0.15, -0.1) is 0 Å². The maximum Gasteiger partial charge on any atom is 0.490 e. The molecular formula is C23H25F6N3O7. The van der Waals surface area contributed by atoms with E-state index < -0.39 is 24.3 Å². The summed E-state index contributed by atoms with van der Waals surface area (Å²) in [6.45, 7) is 3.14. The van der Waals surface area contributed by atoms with Crippen LogP contribution in [-0.2, 0) is 32.2 Å². The third kappa shape index (κ3) is 10.9. The molecule has 4 heterocycles. The van der Waals surface area contributed by atoms with E-state index in [4.69, 9.17) is 29.0 Å². The van der Waals surface area contributed by atoms with E-state index in [-0.39, 0.29) is 18.1 Å². The van der Waals surface area contributed by atoms with E-state index in [2.05, 4.69) is 15.2 Å². The van der Waals surface area contributed by atoms with Gasteiger partial charge in [0.25, 0.3) is 0 Å². The zero-order valence-electron chi connectivity index (χ0n) is 20.1. The molecule has 2 saturated heterocycles. The van der Waals surface area contributed by atoms with Gasteiger partial charge in [0.05, 0.1) is 24.6 Å². The summed E-state index contributed by atoms with van der Waals surface area (Å²) in [5.41, 5.74) is 1.08. The van der Waals surface area contributed by atoms with Gasteiger partial charge in [-0.05, 0) is 49.6 Å². The van der Waals surface area contributed by atoms with Crippen molar-refractivity contribution in [2.75, 3.05) is 13.1 Å². The van der Waals surface area contributed by atoms with Crippen molar-refractivity contribution in [3.05, 3.63) is 54.2 Å². The fourth-order valence-corrected chi connectivity index (χ4v) is 3.73. The molecule has 0 aliphatic carbocycles. The van der Waals surface area contributed by atoms with Gasteiger partial charge in [-0.25, -0.2) is 9.59 Å². The van der Waals surface area contributed by atoms with E-state index >= 15 is 0 Å². The molecule has 16 heteroatoms. The van der Waals surface area contributed by atoms with Crippen LogP contribution in [0, 0.1) is 5.92 Å². The first-order valence-electron chi connectivity index (χ1n) is 11.3. The minimum Gasteiger partial charge on any atom is -0.475 e. The number of carboxylic acids is 2. The molecule has 0 bridgehead atoms. The molecule has 4 rings (SSSR count). The second-order valence-corrected chi connectivity index (χ2v) is 8.41. The van der Waals surface area contributed by atoms with Crippen molar-refractivity contribution in [2.45, 2.75) is 50.5 Å². The largest absolute Gasteiger partial charge is 0.490 e. The summed E-state index contributed by atoms with van der Waals surface area (Å²) in [6.07, 6.45) is -5.06. The highest BCUT2D eigenvalue weighted by molar-refractivity contribution is 5.81. The lowest BCUT2D eigenvalue weighted by atomic mass is 9.91. The van der Waals surface area contributed by atoms with Gasteiger partial charge in [0, 0.05) is 19.3 Å². The molecule has 2 aromatic heterocycles. The molecule has 2 aliphatic heterocycles. The van der Waals surface area contributed by atoms with Crippen LogP contribution in [0.25, 0.3) is 0 Å². The predicted octanol–water partition coefficient (Wildman–Crippen LogP) is 3.24. The van der Waals surface area contributed by atoms with Crippen LogP contribution < -0.4 is 5.32 Å². The molecule has 0 radical (unpaired) electrons. The molecule has 0 aromatic carbocycles. The van der Waals surface area contributed by atoms with Gasteiger partial charge >= 0.3 is 24.3 Å². The third-order valence-electron chi connectivity index (χ3n) is 5.54. The highest BCUT2D eigenvalue weighted by Crippen LogP contribution is 2.33. The number of carboxylic acid groups (broad SMARTS) is 2. The number of pyridine rings is 1. The average molecular weight is 569 g/mol. The van der Waals surface area contributed by atoms with E-state index in [1.165, 1.54) is 0 Å². The highest BCUT2D eigenvalue weighted by Gasteiger charge is 2.42. The number of carbonyl (C=O) groups is 3. The SMILES string of the molecule is O=C(NCc1ccco1)[C@H]1C[C@@H]2CCN(Cc3ccccn3)C[C@@H]2O1.O=C(O)C(F)(F)F.O=C(O)C(F)(F)F. The minimum absolute atomic E-state index is 0.0397. The molecule has 1 amide bonds. The molecule has 2 fully saturated rings. The van der Waals surface area contributed by atoms with Gasteiger partial charge in [-0.2, -0.15) is 26.3 Å². The number of likely N-dealkylation sites (tertiary alicyclic amines) is 1. The number of fused-ring (bicyclic) bond motifs is 1. The number of piperidine rings is 1. The van der Waals surface area contributed by atoms with Crippen molar-refractivity contribution in [3.63, 3.8) is 0 Å². The van der Waals surface area contributed by atoms with E-state index in [1.54, 1.807) is 6.26 Å². The normalized spacial score (nSPS) is 20.9. The molecule has 10 nitrogen and oxygen atoms in total. The molecule has 2 aromatic rings. The van der Waals surface area contributed by atoms with Crippen LogP contribution in [0.5, 0.6) is 0 Å². The number of alkyl halides is 6. The van der Waals surface area contributed by atoms with Gasteiger partial charge in [0.2, 0.25) is 5.91 Å². The maximum atomic E-state index is 12.4. The third-order valence-corrected chi connectivity index (χ3v) is 5.54. The molecule has 216 valence electrons. The summed E-state index contributed by atoms with van der Waals surface area (Å²) >= 11 is 0. The Bertz CT molecular complexity index is 1040. The van der Waals surface area contributed by atoms with Crippen LogP contribution >= 0.6 is 0 Å². The van der Waals surface area contributed by atoms with Gasteiger partial charge in [0.1, 0.15) is 11.9 Å². The second-order valence-electron chi connectivity index (χ2n) is 8.41. The number of hydrogen-bond donors (Lipinski definition) is 3. The Kier molecular flexibility index (Phi) is 11.3. The molecule has 0 saturated carbocycles. The standard InChI is InChI=1S/C19H23N3O3.2C2HF3O2/c23-19(21-11-16-5-3-9-24-16)17-10-14-6-8-22(13-18(14)25-17)12-15-4-1-2-7-20-15;2*3-2(4,5)1(6)7/h1-5,7,9,14,17-18H,6,8,10-13H2,(H,21,23);2*(H,6,7)/t14-,17+,18-;;/m0../s1. The Balaban J connectivity index is 0.000000317. The summed E-state index contributed by atoms with van der Waals surface area (Å²) in [5, 5.41) is 17.2. The Hall–Kier alpha value is -3.66. The van der Waals surface area contributed by atoms with Gasteiger partial charge in [-0.1, -0.05) is 6.07 Å². The van der Waals surface area contributed by atoms with Crippen LogP contribution in [0.1, 0.15) is 24.3 Å². The quantitative estimate of drug-likeness (QED) is 0.463. The van der Waals surface area contributed by atoms with Gasteiger partial charge in [0.15, 0.2) is 0 Å². The fourth-order valence-electron chi connectivity index (χ4n) is 3.73. The molecule has 39 heavy (non-hydrogen) atoms. The molecule has 2 aliphatic rings. The number of ether oxygens (including phenoxy) is 1. The number of carbonyl (C=O) groups excluding carboxylic acids is 1.